The number of sulfonamides is 1. The summed E-state index contributed by atoms with van der Waals surface area (Å²) < 4.78 is 111. The van der Waals surface area contributed by atoms with Crippen molar-refractivity contribution in [3.8, 4) is 0 Å². The van der Waals surface area contributed by atoms with E-state index in [-0.39, 0.29) is 50.7 Å². The first kappa shape index (κ1) is 32.7. The van der Waals surface area contributed by atoms with E-state index in [1.165, 1.54) is 6.92 Å². The molecule has 0 bridgehead atoms. The molecule has 0 saturated carbocycles. The van der Waals surface area contributed by atoms with Gasteiger partial charge in [-0.2, -0.15) is 26.3 Å². The van der Waals surface area contributed by atoms with Crippen LogP contribution >= 0.6 is 0 Å². The minimum atomic E-state index is -5.01. The maximum Gasteiger partial charge on any atom is 0.416 e. The quantitative estimate of drug-likeness (QED) is 0.284. The Labute approximate surface area is 244 Å². The lowest BCUT2D eigenvalue weighted by Crippen LogP contribution is -2.64. The molecule has 236 valence electrons. The fourth-order valence-corrected chi connectivity index (χ4v) is 5.68. The summed E-state index contributed by atoms with van der Waals surface area (Å²) in [6, 6.07) is 9.39. The first-order valence-electron chi connectivity index (χ1n) is 13.2. The van der Waals surface area contributed by atoms with Gasteiger partial charge in [-0.25, -0.2) is 17.9 Å². The molecule has 0 aromatic heterocycles. The Morgan fingerprint density at radius 1 is 1.00 bits per heavy atom. The smallest absolute Gasteiger partial charge is 0.372 e. The van der Waals surface area contributed by atoms with E-state index in [4.69, 9.17) is 4.74 Å². The molecule has 3 N–H and O–H groups in total. The van der Waals surface area contributed by atoms with Gasteiger partial charge in [0.1, 0.15) is 5.54 Å². The average Bonchev–Trinajstić information content (AvgIpc) is 3.15. The number of urea groups is 1. The summed E-state index contributed by atoms with van der Waals surface area (Å²) in [4.78, 5) is 26.8. The number of imide groups is 1. The van der Waals surface area contributed by atoms with E-state index in [1.54, 1.807) is 30.3 Å². The second kappa shape index (κ2) is 11.7. The lowest BCUT2D eigenvalue weighted by atomic mass is 9.76. The van der Waals surface area contributed by atoms with Gasteiger partial charge in [0.05, 0.1) is 35.6 Å². The monoisotopic (exact) mass is 636 g/mol. The Kier molecular flexibility index (Phi) is 8.90. The van der Waals surface area contributed by atoms with Gasteiger partial charge in [0, 0.05) is 19.6 Å². The third-order valence-corrected chi connectivity index (χ3v) is 8.37. The summed E-state index contributed by atoms with van der Waals surface area (Å²) in [5.41, 5.74) is -4.86. The van der Waals surface area contributed by atoms with Gasteiger partial charge < -0.3 is 15.4 Å². The van der Waals surface area contributed by atoms with Crippen molar-refractivity contribution in [3.63, 3.8) is 0 Å². The predicted molar refractivity (Wildman–Crippen MR) is 142 cm³/mol. The molecule has 0 radical (unpaired) electrons. The van der Waals surface area contributed by atoms with Crippen LogP contribution in [-0.4, -0.2) is 63.3 Å². The zero-order valence-corrected chi connectivity index (χ0v) is 23.9. The summed E-state index contributed by atoms with van der Waals surface area (Å²) in [6.45, 7) is 0.730. The first-order chi connectivity index (χ1) is 19.9. The van der Waals surface area contributed by atoms with Crippen molar-refractivity contribution < 1.29 is 49.1 Å². The van der Waals surface area contributed by atoms with E-state index in [2.05, 4.69) is 15.4 Å². The lowest BCUT2D eigenvalue weighted by Gasteiger charge is -2.45. The maximum atomic E-state index is 13.4. The Balaban J connectivity index is 1.54. The van der Waals surface area contributed by atoms with Crippen molar-refractivity contribution in [2.24, 2.45) is 0 Å². The van der Waals surface area contributed by atoms with Gasteiger partial charge >= 0.3 is 18.4 Å². The highest BCUT2D eigenvalue weighted by Gasteiger charge is 2.55. The first-order valence-corrected chi connectivity index (χ1v) is 15.0. The van der Waals surface area contributed by atoms with Crippen LogP contribution in [0.5, 0.6) is 0 Å². The largest absolute Gasteiger partial charge is 0.416 e. The van der Waals surface area contributed by atoms with Gasteiger partial charge in [0.15, 0.2) is 0 Å². The Bertz CT molecular complexity index is 1430. The molecule has 43 heavy (non-hydrogen) atoms. The molecule has 0 unspecified atom stereocenters. The van der Waals surface area contributed by atoms with E-state index >= 15 is 0 Å². The molecule has 2 fully saturated rings. The number of amides is 3. The number of halogens is 6. The van der Waals surface area contributed by atoms with Crippen molar-refractivity contribution in [2.45, 2.75) is 49.3 Å². The van der Waals surface area contributed by atoms with Crippen LogP contribution in [0.2, 0.25) is 0 Å². The second-order valence-electron chi connectivity index (χ2n) is 10.7. The molecule has 3 atom stereocenters. The van der Waals surface area contributed by atoms with Crippen molar-refractivity contribution in [1.29, 1.82) is 0 Å². The van der Waals surface area contributed by atoms with E-state index in [1.807, 2.05) is 0 Å². The number of hydrogen-bond acceptors (Lipinski definition) is 6. The number of carbonyl (C=O) groups excluding carboxylic acids is 2. The standard InChI is InChI=1S/C27H30F6N4O5S/c1-17(18-12-20(26(28,29)30)14-21(13-18)27(31,32)33)42-16-25(19-6-4-3-5-7-19)9-8-24(15-34-25)22(38)37(23(39)36-24)11-10-35-43(2,40)41/h3-7,12-14,17,34-35H,8-11,15-16H2,1-2H3,(H,36,39)/t17-,24-,25-/m1/s1. The Morgan fingerprint density at radius 2 is 1.60 bits per heavy atom. The molecule has 2 aromatic rings. The van der Waals surface area contributed by atoms with E-state index in [0.717, 1.165) is 11.2 Å². The Hall–Kier alpha value is -3.21. The third kappa shape index (κ3) is 7.30. The van der Waals surface area contributed by atoms with Gasteiger partial charge in [-0.05, 0) is 49.1 Å². The van der Waals surface area contributed by atoms with Crippen LogP contribution in [0.25, 0.3) is 0 Å². The molecule has 2 aromatic carbocycles. The van der Waals surface area contributed by atoms with Crippen molar-refractivity contribution in [1.82, 2.24) is 20.3 Å². The van der Waals surface area contributed by atoms with E-state index in [9.17, 15) is 44.3 Å². The molecule has 3 amide bonds. The molecular formula is C27H30F6N4O5S. The number of benzene rings is 2. The molecule has 2 aliphatic rings. The number of piperidine rings is 1. The average molecular weight is 637 g/mol. The molecular weight excluding hydrogens is 606 g/mol. The molecule has 2 heterocycles. The zero-order chi connectivity index (χ0) is 31.8. The van der Waals surface area contributed by atoms with Crippen molar-refractivity contribution in [2.75, 3.05) is 32.5 Å². The van der Waals surface area contributed by atoms with Gasteiger partial charge in [0.25, 0.3) is 5.91 Å². The van der Waals surface area contributed by atoms with Crippen molar-refractivity contribution >= 4 is 22.0 Å². The fraction of sp³-hybridized carbons (Fsp3) is 0.481. The van der Waals surface area contributed by atoms with Crippen LogP contribution in [0.3, 0.4) is 0 Å². The summed E-state index contributed by atoms with van der Waals surface area (Å²) in [7, 11) is -3.54. The highest BCUT2D eigenvalue weighted by atomic mass is 32.2. The van der Waals surface area contributed by atoms with Crippen molar-refractivity contribution in [3.05, 3.63) is 70.8 Å². The molecule has 2 saturated heterocycles. The Morgan fingerprint density at radius 3 is 2.12 bits per heavy atom. The molecule has 4 rings (SSSR count). The molecule has 2 aliphatic heterocycles. The number of nitrogens with zero attached hydrogens (tertiary/aromatic N) is 1. The van der Waals surface area contributed by atoms with Gasteiger partial charge in [-0.1, -0.05) is 30.3 Å². The summed E-state index contributed by atoms with van der Waals surface area (Å²) in [5.74, 6) is -0.556. The zero-order valence-electron chi connectivity index (χ0n) is 23.1. The number of rotatable bonds is 9. The van der Waals surface area contributed by atoms with Crippen LogP contribution in [0, 0.1) is 0 Å². The highest BCUT2D eigenvalue weighted by Crippen LogP contribution is 2.40. The summed E-state index contributed by atoms with van der Waals surface area (Å²) >= 11 is 0. The minimum absolute atomic E-state index is 0.0528. The minimum Gasteiger partial charge on any atom is -0.372 e. The molecule has 9 nitrogen and oxygen atoms in total. The number of hydrogen-bond donors (Lipinski definition) is 3. The number of alkyl halides is 6. The number of ether oxygens (including phenoxy) is 1. The van der Waals surface area contributed by atoms with Crippen LogP contribution < -0.4 is 15.4 Å². The topological polar surface area (TPSA) is 117 Å². The van der Waals surface area contributed by atoms with Crippen LogP contribution in [0.1, 0.15) is 48.1 Å². The normalized spacial score (nSPS) is 24.0. The summed E-state index contributed by atoms with van der Waals surface area (Å²) in [5, 5.41) is 5.93. The fourth-order valence-electron chi connectivity index (χ4n) is 5.22. The van der Waals surface area contributed by atoms with Crippen LogP contribution in [0.4, 0.5) is 31.1 Å². The maximum absolute atomic E-state index is 13.4. The summed E-state index contributed by atoms with van der Waals surface area (Å²) in [6.07, 6.45) is -9.93. The van der Waals surface area contributed by atoms with Gasteiger partial charge in [-0.3, -0.25) is 9.69 Å². The van der Waals surface area contributed by atoms with Crippen LogP contribution in [0.15, 0.2) is 48.5 Å². The molecule has 16 heteroatoms. The van der Waals surface area contributed by atoms with Crippen LogP contribution in [-0.2, 0) is 37.4 Å². The third-order valence-electron chi connectivity index (χ3n) is 7.64. The second-order valence-corrected chi connectivity index (χ2v) is 12.6. The highest BCUT2D eigenvalue weighted by molar-refractivity contribution is 7.88. The number of carbonyl (C=O) groups is 2. The predicted octanol–water partition coefficient (Wildman–Crippen LogP) is 3.92. The molecule has 1 spiro atoms. The van der Waals surface area contributed by atoms with Gasteiger partial charge in [-0.15, -0.1) is 0 Å². The SMILES string of the molecule is C[C@@H](OC[C@@]1(c2ccccc2)CC[C@]2(CN1)NC(=O)N(CCNS(C)(=O)=O)C2=O)c1cc(C(F)(F)F)cc(C(F)(F)F)c1. The van der Waals surface area contributed by atoms with E-state index < -0.39 is 62.6 Å². The number of nitrogens with one attached hydrogen (secondary N) is 3. The molecule has 0 aliphatic carbocycles. The van der Waals surface area contributed by atoms with E-state index in [0.29, 0.717) is 17.7 Å². The lowest BCUT2D eigenvalue weighted by molar-refractivity contribution is -0.143. The van der Waals surface area contributed by atoms with Gasteiger partial charge in [0.2, 0.25) is 10.0 Å².